The molecule has 1 heterocycles. The number of hydrogen-bond acceptors (Lipinski definition) is 4. The monoisotopic (exact) mass is 357 g/mol. The first-order valence-electron chi connectivity index (χ1n) is 8.13. The lowest BCUT2D eigenvalue weighted by Gasteiger charge is -2.23. The van der Waals surface area contributed by atoms with E-state index in [-0.39, 0.29) is 22.8 Å². The average molecular weight is 358 g/mol. The lowest BCUT2D eigenvalue weighted by molar-refractivity contribution is -0.111. The summed E-state index contributed by atoms with van der Waals surface area (Å²) in [6.45, 7) is 6.07. The van der Waals surface area contributed by atoms with Gasteiger partial charge in [0.05, 0.1) is 0 Å². The number of rotatable bonds is 4. The van der Waals surface area contributed by atoms with Crippen molar-refractivity contribution in [2.24, 2.45) is 0 Å². The van der Waals surface area contributed by atoms with E-state index < -0.39 is 0 Å². The highest BCUT2D eigenvalue weighted by Crippen LogP contribution is 2.36. The first-order chi connectivity index (χ1) is 11.8. The molecule has 0 bridgehead atoms. The highest BCUT2D eigenvalue weighted by molar-refractivity contribution is 6.63. The molecule has 0 fully saturated rings. The number of benzene rings is 2. The van der Waals surface area contributed by atoms with Crippen LogP contribution >= 0.6 is 11.6 Å². The maximum Gasteiger partial charge on any atom is 0.221 e. The molecule has 3 aromatic rings. The quantitative estimate of drug-likeness (QED) is 0.713. The van der Waals surface area contributed by atoms with Crippen LogP contribution in [0.15, 0.2) is 36.4 Å². The number of fused-ring (bicyclic) bond motifs is 1. The topological polar surface area (TPSA) is 68.0 Å². The molecule has 25 heavy (non-hydrogen) atoms. The fourth-order valence-electron chi connectivity index (χ4n) is 2.76. The molecule has 3 rings (SSSR count). The van der Waals surface area contributed by atoms with Gasteiger partial charge in [-0.1, -0.05) is 39.0 Å². The molecule has 0 saturated carbocycles. The molecule has 0 spiro atoms. The van der Waals surface area contributed by atoms with Crippen LogP contribution in [0.1, 0.15) is 38.3 Å². The molecule has 6 heteroatoms. The highest BCUT2D eigenvalue weighted by atomic mass is 35.5. The maximum atomic E-state index is 11.1. The van der Waals surface area contributed by atoms with Crippen molar-refractivity contribution in [1.29, 1.82) is 0 Å². The van der Waals surface area contributed by atoms with Gasteiger partial charge in [-0.2, -0.15) is 0 Å². The predicted molar refractivity (Wildman–Crippen MR) is 98.4 cm³/mol. The van der Waals surface area contributed by atoms with Gasteiger partial charge in [0.1, 0.15) is 22.5 Å². The van der Waals surface area contributed by atoms with Crippen LogP contribution in [0.5, 0.6) is 5.75 Å². The molecule has 1 N–H and O–H groups in total. The summed E-state index contributed by atoms with van der Waals surface area (Å²) < 4.78 is 0. The Balaban J connectivity index is 2.16. The van der Waals surface area contributed by atoms with Gasteiger partial charge >= 0.3 is 0 Å². The molecule has 0 amide bonds. The summed E-state index contributed by atoms with van der Waals surface area (Å²) in [4.78, 5) is 12.6. The van der Waals surface area contributed by atoms with Crippen molar-refractivity contribution in [2.45, 2.75) is 39.0 Å². The Labute approximate surface area is 151 Å². The highest BCUT2D eigenvalue weighted by Gasteiger charge is 2.23. The van der Waals surface area contributed by atoms with Crippen molar-refractivity contribution >= 4 is 27.9 Å². The van der Waals surface area contributed by atoms with Crippen molar-refractivity contribution < 1.29 is 9.90 Å². The number of aromatic nitrogens is 3. The summed E-state index contributed by atoms with van der Waals surface area (Å²) in [6.07, 6.45) is 0.739. The van der Waals surface area contributed by atoms with Gasteiger partial charge in [0.2, 0.25) is 5.24 Å². The molecular weight excluding hydrogens is 338 g/mol. The van der Waals surface area contributed by atoms with E-state index in [2.05, 4.69) is 10.2 Å². The number of aromatic hydroxyl groups is 1. The van der Waals surface area contributed by atoms with Crippen LogP contribution in [-0.2, 0) is 16.6 Å². The second kappa shape index (κ2) is 6.48. The molecule has 0 atom stereocenters. The number of hydrogen-bond donors (Lipinski definition) is 1. The number of aryl methyl sites for hydroxylation is 1. The molecule has 0 aliphatic heterocycles. The molecule has 1 aromatic heterocycles. The van der Waals surface area contributed by atoms with Gasteiger partial charge in [0, 0.05) is 12.0 Å². The average Bonchev–Trinajstić information content (AvgIpc) is 2.96. The van der Waals surface area contributed by atoms with Gasteiger partial charge in [-0.15, -0.1) is 15.0 Å². The minimum atomic E-state index is -0.380. The van der Waals surface area contributed by atoms with E-state index in [4.69, 9.17) is 11.6 Å². The summed E-state index contributed by atoms with van der Waals surface area (Å²) in [5.74, 6) is 0.147. The zero-order valence-corrected chi connectivity index (χ0v) is 15.2. The third-order valence-corrected chi connectivity index (χ3v) is 4.26. The van der Waals surface area contributed by atoms with Gasteiger partial charge < -0.3 is 5.11 Å². The standard InChI is InChI=1S/C19H20ClN3O2/c1-19(2,3)13-10-12(8-9-17(20)24)11-16(18(13)25)23-21-14-6-4-5-7-15(14)22-23/h4-7,10-11,25H,8-9H2,1-3H3. The van der Waals surface area contributed by atoms with Crippen LogP contribution in [0.3, 0.4) is 0 Å². The number of phenolic OH excluding ortho intramolecular Hbond substituents is 1. The molecule has 5 nitrogen and oxygen atoms in total. The Bertz CT molecular complexity index is 908. The Kier molecular flexibility index (Phi) is 4.52. The third-order valence-electron chi connectivity index (χ3n) is 4.07. The molecular formula is C19H20ClN3O2. The van der Waals surface area contributed by atoms with Gasteiger partial charge in [-0.25, -0.2) is 0 Å². The molecule has 0 unspecified atom stereocenters. The zero-order valence-electron chi connectivity index (χ0n) is 14.5. The number of nitrogens with zero attached hydrogens (tertiary/aromatic N) is 3. The van der Waals surface area contributed by atoms with E-state index in [1.807, 2.05) is 57.2 Å². The normalized spacial score (nSPS) is 11.8. The van der Waals surface area contributed by atoms with E-state index in [1.54, 1.807) is 0 Å². The first kappa shape index (κ1) is 17.4. The number of halogens is 1. The Morgan fingerprint density at radius 2 is 1.76 bits per heavy atom. The van der Waals surface area contributed by atoms with E-state index in [0.717, 1.165) is 22.2 Å². The molecule has 0 saturated heterocycles. The minimum absolute atomic E-state index is 0.147. The second-order valence-corrected chi connectivity index (χ2v) is 7.52. The molecule has 2 aromatic carbocycles. The van der Waals surface area contributed by atoms with Crippen molar-refractivity contribution in [3.8, 4) is 11.4 Å². The molecule has 0 radical (unpaired) electrons. The first-order valence-corrected chi connectivity index (χ1v) is 8.50. The largest absolute Gasteiger partial charge is 0.505 e. The van der Waals surface area contributed by atoms with Crippen molar-refractivity contribution in [3.63, 3.8) is 0 Å². The molecule has 130 valence electrons. The van der Waals surface area contributed by atoms with Gasteiger partial charge in [-0.05, 0) is 47.2 Å². The summed E-state index contributed by atoms with van der Waals surface area (Å²) in [5, 5.41) is 19.3. The van der Waals surface area contributed by atoms with Crippen LogP contribution < -0.4 is 0 Å². The molecule has 0 aliphatic carbocycles. The Hall–Kier alpha value is -2.40. The van der Waals surface area contributed by atoms with Crippen LogP contribution in [0, 0.1) is 0 Å². The van der Waals surface area contributed by atoms with Gasteiger partial charge in [0.15, 0.2) is 0 Å². The van der Waals surface area contributed by atoms with Crippen LogP contribution in [0.4, 0.5) is 0 Å². The summed E-state index contributed by atoms with van der Waals surface area (Å²) in [6, 6.07) is 11.3. The number of carbonyl (C=O) groups is 1. The summed E-state index contributed by atoms with van der Waals surface area (Å²) >= 11 is 5.48. The van der Waals surface area contributed by atoms with Crippen LogP contribution in [0.2, 0.25) is 0 Å². The predicted octanol–water partition coefficient (Wildman–Crippen LogP) is 4.12. The SMILES string of the molecule is CC(C)(C)c1cc(CCC(=O)Cl)cc(-n2nc3ccccc3n2)c1O. The van der Waals surface area contributed by atoms with Gasteiger partial charge in [-0.3, -0.25) is 4.79 Å². The fraction of sp³-hybridized carbons (Fsp3) is 0.316. The number of carbonyl (C=O) groups excluding carboxylic acids is 1. The maximum absolute atomic E-state index is 11.1. The van der Waals surface area contributed by atoms with Crippen molar-refractivity contribution in [1.82, 2.24) is 15.0 Å². The lowest BCUT2D eigenvalue weighted by Crippen LogP contribution is -2.14. The third kappa shape index (κ3) is 3.66. The minimum Gasteiger partial charge on any atom is -0.505 e. The van der Waals surface area contributed by atoms with Crippen molar-refractivity contribution in [3.05, 3.63) is 47.5 Å². The smallest absolute Gasteiger partial charge is 0.221 e. The summed E-state index contributed by atoms with van der Waals surface area (Å²) in [7, 11) is 0. The van der Waals surface area contributed by atoms with Gasteiger partial charge in [0.25, 0.3) is 0 Å². The van der Waals surface area contributed by atoms with Crippen LogP contribution in [0.25, 0.3) is 16.7 Å². The Morgan fingerprint density at radius 1 is 1.16 bits per heavy atom. The van der Waals surface area contributed by atoms with E-state index in [1.165, 1.54) is 4.80 Å². The molecule has 0 aliphatic rings. The lowest BCUT2D eigenvalue weighted by atomic mass is 9.84. The van der Waals surface area contributed by atoms with E-state index in [9.17, 15) is 9.90 Å². The summed E-state index contributed by atoms with van der Waals surface area (Å²) in [5.41, 5.74) is 3.42. The van der Waals surface area contributed by atoms with Crippen molar-refractivity contribution in [2.75, 3.05) is 0 Å². The number of phenols is 1. The fourth-order valence-corrected chi connectivity index (χ4v) is 2.85. The second-order valence-electron chi connectivity index (χ2n) is 7.09. The van der Waals surface area contributed by atoms with Crippen LogP contribution in [-0.4, -0.2) is 25.3 Å². The Morgan fingerprint density at radius 3 is 2.28 bits per heavy atom. The van der Waals surface area contributed by atoms with E-state index >= 15 is 0 Å². The zero-order chi connectivity index (χ0) is 18.2. The van der Waals surface area contributed by atoms with E-state index in [0.29, 0.717) is 12.1 Å².